The van der Waals surface area contributed by atoms with E-state index in [-0.39, 0.29) is 0 Å². The fraction of sp³-hybridized carbons (Fsp3) is 0.375. The first kappa shape index (κ1) is 14.3. The standard InChI is InChI=1S/C16H21N3O/c1-4-10-17-15-11-16(19-12(3)18-15)20-14-8-6-13(5-2)7-9-14/h6-9,11H,4-5,10H2,1-3H3,(H,17,18,19). The van der Waals surface area contributed by atoms with E-state index >= 15 is 0 Å². The molecule has 0 radical (unpaired) electrons. The lowest BCUT2D eigenvalue weighted by molar-refractivity contribution is 0.460. The molecule has 0 fully saturated rings. The molecule has 20 heavy (non-hydrogen) atoms. The van der Waals surface area contributed by atoms with E-state index in [1.807, 2.05) is 25.1 Å². The van der Waals surface area contributed by atoms with Gasteiger partial charge in [-0.2, -0.15) is 4.98 Å². The summed E-state index contributed by atoms with van der Waals surface area (Å²) in [5.74, 6) is 2.87. The normalized spacial score (nSPS) is 10.3. The van der Waals surface area contributed by atoms with E-state index < -0.39 is 0 Å². The number of aromatic nitrogens is 2. The third kappa shape index (κ3) is 3.95. The van der Waals surface area contributed by atoms with E-state index in [4.69, 9.17) is 4.74 Å². The van der Waals surface area contributed by atoms with Crippen molar-refractivity contribution in [3.05, 3.63) is 41.7 Å². The van der Waals surface area contributed by atoms with Crippen LogP contribution in [0.5, 0.6) is 11.6 Å². The molecule has 2 rings (SSSR count). The summed E-state index contributed by atoms with van der Waals surface area (Å²) in [6.07, 6.45) is 2.08. The maximum absolute atomic E-state index is 5.79. The molecule has 1 heterocycles. The van der Waals surface area contributed by atoms with Gasteiger partial charge in [0.05, 0.1) is 0 Å². The predicted octanol–water partition coefficient (Wildman–Crippen LogP) is 3.96. The van der Waals surface area contributed by atoms with E-state index in [0.717, 1.165) is 31.0 Å². The third-order valence-corrected chi connectivity index (χ3v) is 2.92. The Morgan fingerprint density at radius 1 is 1.10 bits per heavy atom. The summed E-state index contributed by atoms with van der Waals surface area (Å²) >= 11 is 0. The Morgan fingerprint density at radius 3 is 2.50 bits per heavy atom. The molecule has 0 atom stereocenters. The van der Waals surface area contributed by atoms with Crippen LogP contribution in [0.3, 0.4) is 0 Å². The zero-order valence-electron chi connectivity index (χ0n) is 12.3. The summed E-state index contributed by atoms with van der Waals surface area (Å²) in [5, 5.41) is 3.25. The molecule has 0 unspecified atom stereocenters. The van der Waals surface area contributed by atoms with Crippen LogP contribution < -0.4 is 10.1 Å². The summed E-state index contributed by atoms with van der Waals surface area (Å²) in [4.78, 5) is 8.64. The molecule has 0 saturated carbocycles. The number of nitrogens with one attached hydrogen (secondary N) is 1. The van der Waals surface area contributed by atoms with Crippen LogP contribution in [0.1, 0.15) is 31.7 Å². The quantitative estimate of drug-likeness (QED) is 0.863. The molecule has 2 aromatic rings. The summed E-state index contributed by atoms with van der Waals surface area (Å²) < 4.78 is 5.79. The lowest BCUT2D eigenvalue weighted by Crippen LogP contribution is -2.04. The molecular formula is C16H21N3O. The molecule has 0 amide bonds. The van der Waals surface area contributed by atoms with Gasteiger partial charge in [-0.1, -0.05) is 26.0 Å². The highest BCUT2D eigenvalue weighted by molar-refractivity contribution is 5.40. The highest BCUT2D eigenvalue weighted by atomic mass is 16.5. The Balaban J connectivity index is 2.12. The van der Waals surface area contributed by atoms with Crippen LogP contribution in [0.2, 0.25) is 0 Å². The van der Waals surface area contributed by atoms with Crippen LogP contribution in [-0.2, 0) is 6.42 Å². The van der Waals surface area contributed by atoms with E-state index in [9.17, 15) is 0 Å². The molecule has 4 heteroatoms. The third-order valence-electron chi connectivity index (χ3n) is 2.92. The molecule has 1 N–H and O–H groups in total. The number of ether oxygens (including phenoxy) is 1. The Kier molecular flexibility index (Phi) is 4.93. The average Bonchev–Trinajstić information content (AvgIpc) is 2.45. The van der Waals surface area contributed by atoms with Crippen LogP contribution in [0.15, 0.2) is 30.3 Å². The van der Waals surface area contributed by atoms with E-state index in [1.165, 1.54) is 5.56 Å². The highest BCUT2D eigenvalue weighted by Crippen LogP contribution is 2.22. The smallest absolute Gasteiger partial charge is 0.224 e. The minimum absolute atomic E-state index is 0.570. The molecular weight excluding hydrogens is 250 g/mol. The first-order chi connectivity index (χ1) is 9.71. The van der Waals surface area contributed by atoms with Crippen molar-refractivity contribution in [1.29, 1.82) is 0 Å². The van der Waals surface area contributed by atoms with Gasteiger partial charge in [-0.25, -0.2) is 4.98 Å². The predicted molar refractivity (Wildman–Crippen MR) is 81.4 cm³/mol. The monoisotopic (exact) mass is 271 g/mol. The highest BCUT2D eigenvalue weighted by Gasteiger charge is 2.04. The number of hydrogen-bond acceptors (Lipinski definition) is 4. The first-order valence-corrected chi connectivity index (χ1v) is 7.07. The Hall–Kier alpha value is -2.10. The van der Waals surface area contributed by atoms with Crippen molar-refractivity contribution in [2.24, 2.45) is 0 Å². The summed E-state index contributed by atoms with van der Waals surface area (Å²) in [5.41, 5.74) is 1.29. The SMILES string of the molecule is CCCNc1cc(Oc2ccc(CC)cc2)nc(C)n1. The molecule has 1 aromatic carbocycles. The van der Waals surface area contributed by atoms with Crippen LogP contribution in [-0.4, -0.2) is 16.5 Å². The Labute approximate surface area is 120 Å². The minimum Gasteiger partial charge on any atom is -0.439 e. The van der Waals surface area contributed by atoms with Crippen molar-refractivity contribution in [3.8, 4) is 11.6 Å². The summed E-state index contributed by atoms with van der Waals surface area (Å²) in [7, 11) is 0. The topological polar surface area (TPSA) is 47.0 Å². The zero-order chi connectivity index (χ0) is 14.4. The van der Waals surface area contributed by atoms with Crippen molar-refractivity contribution >= 4 is 5.82 Å². The molecule has 0 aliphatic carbocycles. The number of anilines is 1. The van der Waals surface area contributed by atoms with Crippen LogP contribution in [0, 0.1) is 6.92 Å². The molecule has 4 nitrogen and oxygen atoms in total. The number of aryl methyl sites for hydroxylation is 2. The second-order valence-corrected chi connectivity index (χ2v) is 4.66. The average molecular weight is 271 g/mol. The Morgan fingerprint density at radius 2 is 1.85 bits per heavy atom. The number of nitrogens with zero attached hydrogens (tertiary/aromatic N) is 2. The molecule has 0 spiro atoms. The van der Waals surface area contributed by atoms with E-state index in [0.29, 0.717) is 11.7 Å². The number of rotatable bonds is 6. The zero-order valence-corrected chi connectivity index (χ0v) is 12.3. The largest absolute Gasteiger partial charge is 0.439 e. The van der Waals surface area contributed by atoms with Gasteiger partial charge >= 0.3 is 0 Å². The maximum atomic E-state index is 5.79. The van der Waals surface area contributed by atoms with Crippen molar-refractivity contribution < 1.29 is 4.74 Å². The molecule has 0 saturated heterocycles. The molecule has 0 bridgehead atoms. The van der Waals surface area contributed by atoms with Gasteiger partial charge in [-0.15, -0.1) is 0 Å². The van der Waals surface area contributed by atoms with Gasteiger partial charge in [-0.3, -0.25) is 0 Å². The lowest BCUT2D eigenvalue weighted by atomic mass is 10.2. The Bertz CT molecular complexity index is 552. The second-order valence-electron chi connectivity index (χ2n) is 4.66. The van der Waals surface area contributed by atoms with Crippen molar-refractivity contribution in [2.45, 2.75) is 33.6 Å². The van der Waals surface area contributed by atoms with Gasteiger partial charge in [0, 0.05) is 12.6 Å². The van der Waals surface area contributed by atoms with Crippen LogP contribution in [0.4, 0.5) is 5.82 Å². The summed E-state index contributed by atoms with van der Waals surface area (Å²) in [6, 6.07) is 9.90. The minimum atomic E-state index is 0.570. The number of hydrogen-bond donors (Lipinski definition) is 1. The molecule has 1 aromatic heterocycles. The fourth-order valence-electron chi connectivity index (χ4n) is 1.85. The summed E-state index contributed by atoms with van der Waals surface area (Å²) in [6.45, 7) is 7.01. The van der Waals surface area contributed by atoms with Crippen LogP contribution >= 0.6 is 0 Å². The van der Waals surface area contributed by atoms with Gasteiger partial charge in [0.1, 0.15) is 17.4 Å². The van der Waals surface area contributed by atoms with Crippen LogP contribution in [0.25, 0.3) is 0 Å². The maximum Gasteiger partial charge on any atom is 0.224 e. The molecule has 106 valence electrons. The second kappa shape index (κ2) is 6.89. The molecule has 0 aliphatic heterocycles. The van der Waals surface area contributed by atoms with Gasteiger partial charge in [0.2, 0.25) is 5.88 Å². The molecule has 0 aliphatic rings. The fourth-order valence-corrected chi connectivity index (χ4v) is 1.85. The van der Waals surface area contributed by atoms with E-state index in [2.05, 4.69) is 41.3 Å². The first-order valence-electron chi connectivity index (χ1n) is 7.07. The van der Waals surface area contributed by atoms with Gasteiger partial charge < -0.3 is 10.1 Å². The van der Waals surface area contributed by atoms with Crippen molar-refractivity contribution in [2.75, 3.05) is 11.9 Å². The van der Waals surface area contributed by atoms with Gasteiger partial charge in [-0.05, 0) is 37.5 Å². The van der Waals surface area contributed by atoms with Crippen molar-refractivity contribution in [1.82, 2.24) is 9.97 Å². The lowest BCUT2D eigenvalue weighted by Gasteiger charge is -2.09. The van der Waals surface area contributed by atoms with E-state index in [1.54, 1.807) is 0 Å². The number of benzene rings is 1. The van der Waals surface area contributed by atoms with Gasteiger partial charge in [0.15, 0.2) is 0 Å². The van der Waals surface area contributed by atoms with Gasteiger partial charge in [0.25, 0.3) is 0 Å². The van der Waals surface area contributed by atoms with Crippen molar-refractivity contribution in [3.63, 3.8) is 0 Å².